The standard InChI is InChI=1S/C19H20FNO/c1-13-5-3-4-6-15(13)12-21(2)19(22)18-11-17(18)14-7-9-16(20)10-8-14/h3-10,17-18H,11-12H2,1-2H3. The predicted octanol–water partition coefficient (Wildman–Crippen LogP) is 3.90. The van der Waals surface area contributed by atoms with Crippen molar-refractivity contribution in [2.45, 2.75) is 25.8 Å². The highest BCUT2D eigenvalue weighted by atomic mass is 19.1. The van der Waals surface area contributed by atoms with E-state index in [1.165, 1.54) is 23.3 Å². The van der Waals surface area contributed by atoms with E-state index in [0.29, 0.717) is 6.54 Å². The van der Waals surface area contributed by atoms with Gasteiger partial charge in [-0.2, -0.15) is 0 Å². The number of rotatable bonds is 4. The van der Waals surface area contributed by atoms with Crippen molar-refractivity contribution >= 4 is 5.91 Å². The second-order valence-corrected chi connectivity index (χ2v) is 6.12. The van der Waals surface area contributed by atoms with Crippen molar-refractivity contribution in [3.63, 3.8) is 0 Å². The van der Waals surface area contributed by atoms with Crippen LogP contribution in [0.2, 0.25) is 0 Å². The van der Waals surface area contributed by atoms with E-state index in [-0.39, 0.29) is 23.6 Å². The van der Waals surface area contributed by atoms with Gasteiger partial charge < -0.3 is 4.90 Å². The third-order valence-corrected chi connectivity index (χ3v) is 4.45. The third-order valence-electron chi connectivity index (χ3n) is 4.45. The van der Waals surface area contributed by atoms with E-state index in [1.807, 2.05) is 19.2 Å². The first-order chi connectivity index (χ1) is 10.6. The Kier molecular flexibility index (Phi) is 3.97. The van der Waals surface area contributed by atoms with E-state index in [2.05, 4.69) is 19.1 Å². The van der Waals surface area contributed by atoms with Crippen LogP contribution in [0.3, 0.4) is 0 Å². The summed E-state index contributed by atoms with van der Waals surface area (Å²) in [7, 11) is 1.86. The molecule has 2 nitrogen and oxygen atoms in total. The molecule has 0 radical (unpaired) electrons. The molecule has 3 rings (SSSR count). The maximum atomic E-state index is 13.0. The minimum absolute atomic E-state index is 0.0412. The van der Waals surface area contributed by atoms with Crippen LogP contribution in [0.15, 0.2) is 48.5 Å². The summed E-state index contributed by atoms with van der Waals surface area (Å²) >= 11 is 0. The Hall–Kier alpha value is -2.16. The quantitative estimate of drug-likeness (QED) is 0.838. The summed E-state index contributed by atoms with van der Waals surface area (Å²) in [5.41, 5.74) is 3.44. The van der Waals surface area contributed by atoms with Gasteiger partial charge in [-0.15, -0.1) is 0 Å². The Morgan fingerprint density at radius 3 is 2.55 bits per heavy atom. The summed E-state index contributed by atoms with van der Waals surface area (Å²) in [6.45, 7) is 2.70. The van der Waals surface area contributed by atoms with Gasteiger partial charge in [-0.1, -0.05) is 36.4 Å². The molecule has 22 heavy (non-hydrogen) atoms. The second-order valence-electron chi connectivity index (χ2n) is 6.12. The molecule has 2 atom stereocenters. The molecular weight excluding hydrogens is 277 g/mol. The molecule has 0 spiro atoms. The van der Waals surface area contributed by atoms with E-state index in [9.17, 15) is 9.18 Å². The number of hydrogen-bond acceptors (Lipinski definition) is 1. The van der Waals surface area contributed by atoms with Crippen molar-refractivity contribution in [1.29, 1.82) is 0 Å². The lowest BCUT2D eigenvalue weighted by atomic mass is 10.1. The van der Waals surface area contributed by atoms with Crippen molar-refractivity contribution in [3.05, 3.63) is 71.0 Å². The van der Waals surface area contributed by atoms with Gasteiger partial charge in [0.1, 0.15) is 5.82 Å². The minimum Gasteiger partial charge on any atom is -0.341 e. The third kappa shape index (κ3) is 3.03. The lowest BCUT2D eigenvalue weighted by molar-refractivity contribution is -0.131. The fourth-order valence-electron chi connectivity index (χ4n) is 2.95. The smallest absolute Gasteiger partial charge is 0.226 e. The Labute approximate surface area is 130 Å². The predicted molar refractivity (Wildman–Crippen MR) is 84.9 cm³/mol. The number of benzene rings is 2. The van der Waals surface area contributed by atoms with Gasteiger partial charge in [0.25, 0.3) is 0 Å². The number of carbonyl (C=O) groups excluding carboxylic acids is 1. The molecule has 0 heterocycles. The number of carbonyl (C=O) groups is 1. The summed E-state index contributed by atoms with van der Waals surface area (Å²) in [4.78, 5) is 14.3. The van der Waals surface area contributed by atoms with Crippen molar-refractivity contribution < 1.29 is 9.18 Å². The Balaban J connectivity index is 1.63. The van der Waals surface area contributed by atoms with E-state index in [0.717, 1.165) is 12.0 Å². The van der Waals surface area contributed by atoms with E-state index < -0.39 is 0 Å². The van der Waals surface area contributed by atoms with Gasteiger partial charge in [0.05, 0.1) is 0 Å². The van der Waals surface area contributed by atoms with Gasteiger partial charge in [0.15, 0.2) is 0 Å². The molecule has 1 saturated carbocycles. The highest BCUT2D eigenvalue weighted by Gasteiger charge is 2.45. The lowest BCUT2D eigenvalue weighted by Gasteiger charge is -2.18. The molecule has 1 aliphatic carbocycles. The number of nitrogens with zero attached hydrogens (tertiary/aromatic N) is 1. The van der Waals surface area contributed by atoms with Crippen LogP contribution in [-0.2, 0) is 11.3 Å². The second kappa shape index (κ2) is 5.91. The normalized spacial score (nSPS) is 19.8. The highest BCUT2D eigenvalue weighted by Crippen LogP contribution is 2.48. The number of aryl methyl sites for hydroxylation is 1. The van der Waals surface area contributed by atoms with Crippen molar-refractivity contribution in [1.82, 2.24) is 4.90 Å². The minimum atomic E-state index is -0.232. The van der Waals surface area contributed by atoms with Crippen molar-refractivity contribution in [2.24, 2.45) is 5.92 Å². The average Bonchev–Trinajstić information content (AvgIpc) is 3.30. The van der Waals surface area contributed by atoms with Crippen LogP contribution >= 0.6 is 0 Å². The molecule has 1 aliphatic rings. The zero-order chi connectivity index (χ0) is 15.7. The molecule has 0 aromatic heterocycles. The van der Waals surface area contributed by atoms with Gasteiger partial charge in [-0.3, -0.25) is 4.79 Å². The molecule has 0 bridgehead atoms. The summed E-state index contributed by atoms with van der Waals surface area (Å²) in [5.74, 6) is 0.230. The van der Waals surface area contributed by atoms with Gasteiger partial charge in [0, 0.05) is 19.5 Å². The van der Waals surface area contributed by atoms with Crippen LogP contribution in [0.1, 0.15) is 29.0 Å². The Bertz CT molecular complexity index is 680. The summed E-state index contributed by atoms with van der Waals surface area (Å²) in [6.07, 6.45) is 0.864. The van der Waals surface area contributed by atoms with Crippen LogP contribution in [0, 0.1) is 18.7 Å². The molecule has 1 fully saturated rings. The van der Waals surface area contributed by atoms with E-state index >= 15 is 0 Å². The van der Waals surface area contributed by atoms with Crippen LogP contribution < -0.4 is 0 Å². The zero-order valence-electron chi connectivity index (χ0n) is 12.9. The van der Waals surface area contributed by atoms with Crippen LogP contribution in [0.4, 0.5) is 4.39 Å². The molecule has 2 aromatic carbocycles. The summed E-state index contributed by atoms with van der Waals surface area (Å²) < 4.78 is 13.0. The summed E-state index contributed by atoms with van der Waals surface area (Å²) in [6, 6.07) is 14.6. The molecule has 2 unspecified atom stereocenters. The molecule has 2 aromatic rings. The summed E-state index contributed by atoms with van der Waals surface area (Å²) in [5, 5.41) is 0. The zero-order valence-corrected chi connectivity index (χ0v) is 12.9. The van der Waals surface area contributed by atoms with E-state index in [1.54, 1.807) is 17.0 Å². The van der Waals surface area contributed by atoms with Crippen LogP contribution in [0.5, 0.6) is 0 Å². The fourth-order valence-corrected chi connectivity index (χ4v) is 2.95. The van der Waals surface area contributed by atoms with Crippen LogP contribution in [0.25, 0.3) is 0 Å². The molecule has 0 N–H and O–H groups in total. The number of halogens is 1. The Morgan fingerprint density at radius 1 is 1.18 bits per heavy atom. The maximum Gasteiger partial charge on any atom is 0.226 e. The van der Waals surface area contributed by atoms with E-state index in [4.69, 9.17) is 0 Å². The van der Waals surface area contributed by atoms with Gasteiger partial charge >= 0.3 is 0 Å². The molecule has 0 aliphatic heterocycles. The first kappa shape index (κ1) is 14.8. The monoisotopic (exact) mass is 297 g/mol. The highest BCUT2D eigenvalue weighted by molar-refractivity contribution is 5.82. The molecular formula is C19H20FNO. The van der Waals surface area contributed by atoms with Gasteiger partial charge in [0.2, 0.25) is 5.91 Å². The average molecular weight is 297 g/mol. The molecule has 0 saturated heterocycles. The van der Waals surface area contributed by atoms with Crippen LogP contribution in [-0.4, -0.2) is 17.9 Å². The number of hydrogen-bond donors (Lipinski definition) is 0. The maximum absolute atomic E-state index is 13.0. The fraction of sp³-hybridized carbons (Fsp3) is 0.316. The van der Waals surface area contributed by atoms with Crippen molar-refractivity contribution in [3.8, 4) is 0 Å². The number of amides is 1. The SMILES string of the molecule is Cc1ccccc1CN(C)C(=O)C1CC1c1ccc(F)cc1. The Morgan fingerprint density at radius 2 is 1.86 bits per heavy atom. The molecule has 1 amide bonds. The first-order valence-electron chi connectivity index (χ1n) is 7.61. The topological polar surface area (TPSA) is 20.3 Å². The molecule has 114 valence electrons. The molecule has 3 heteroatoms. The largest absolute Gasteiger partial charge is 0.341 e. The first-order valence-corrected chi connectivity index (χ1v) is 7.61. The van der Waals surface area contributed by atoms with Crippen molar-refractivity contribution in [2.75, 3.05) is 7.05 Å². The van der Waals surface area contributed by atoms with Gasteiger partial charge in [-0.05, 0) is 48.1 Å². The lowest BCUT2D eigenvalue weighted by Crippen LogP contribution is -2.28. The van der Waals surface area contributed by atoms with Gasteiger partial charge in [-0.25, -0.2) is 4.39 Å².